The largest absolute Gasteiger partial charge is 0.462 e. The van der Waals surface area contributed by atoms with Crippen LogP contribution in [-0.2, 0) is 11.2 Å². The van der Waals surface area contributed by atoms with Crippen LogP contribution in [0, 0.1) is 0 Å². The van der Waals surface area contributed by atoms with Crippen LogP contribution in [0.15, 0.2) is 6.20 Å². The second-order valence-corrected chi connectivity index (χ2v) is 3.31. The Morgan fingerprint density at radius 1 is 1.53 bits per heavy atom. The molecule has 0 saturated heterocycles. The normalized spacial score (nSPS) is 10.1. The molecule has 1 rings (SSSR count). The molecule has 0 aliphatic heterocycles. The fourth-order valence-electron chi connectivity index (χ4n) is 1.20. The first-order chi connectivity index (χ1) is 7.19. The van der Waals surface area contributed by atoms with E-state index in [0.717, 1.165) is 6.42 Å². The van der Waals surface area contributed by atoms with Crippen molar-refractivity contribution in [1.29, 1.82) is 0 Å². The van der Waals surface area contributed by atoms with Gasteiger partial charge in [-0.15, -0.1) is 0 Å². The molecule has 0 unspecified atom stereocenters. The Hall–Kier alpha value is -1.16. The van der Waals surface area contributed by atoms with Gasteiger partial charge in [0.05, 0.1) is 17.9 Å². The van der Waals surface area contributed by atoms with Crippen LogP contribution in [-0.4, -0.2) is 22.5 Å². The van der Waals surface area contributed by atoms with Gasteiger partial charge in [0.25, 0.3) is 0 Å². The van der Waals surface area contributed by atoms with Gasteiger partial charge in [0, 0.05) is 6.20 Å². The lowest BCUT2D eigenvalue weighted by Gasteiger charge is -2.06. The van der Waals surface area contributed by atoms with Gasteiger partial charge in [-0.25, -0.2) is 14.8 Å². The Morgan fingerprint density at radius 3 is 2.87 bits per heavy atom. The van der Waals surface area contributed by atoms with E-state index in [2.05, 4.69) is 9.97 Å². The minimum absolute atomic E-state index is 0.159. The highest BCUT2D eigenvalue weighted by atomic mass is 35.5. The third-order valence-electron chi connectivity index (χ3n) is 1.82. The molecule has 1 aromatic rings. The van der Waals surface area contributed by atoms with Gasteiger partial charge in [0.1, 0.15) is 0 Å². The van der Waals surface area contributed by atoms with Crippen molar-refractivity contribution in [2.75, 3.05) is 6.61 Å². The van der Waals surface area contributed by atoms with Crippen molar-refractivity contribution in [3.63, 3.8) is 0 Å². The molecule has 0 aliphatic rings. The first-order valence-corrected chi connectivity index (χ1v) is 5.25. The van der Waals surface area contributed by atoms with E-state index < -0.39 is 5.97 Å². The third-order valence-corrected chi connectivity index (χ3v) is 2.00. The zero-order valence-electron chi connectivity index (χ0n) is 8.79. The number of aryl methyl sites for hydroxylation is 1. The van der Waals surface area contributed by atoms with Gasteiger partial charge in [-0.3, -0.25) is 0 Å². The molecule has 5 heteroatoms. The molecule has 1 aromatic heterocycles. The predicted molar refractivity (Wildman–Crippen MR) is 57.0 cm³/mol. The highest BCUT2D eigenvalue weighted by molar-refractivity contribution is 6.28. The molecule has 82 valence electrons. The van der Waals surface area contributed by atoms with Gasteiger partial charge in [-0.1, -0.05) is 13.3 Å². The molecular formula is C10H13ClN2O2. The Bertz CT molecular complexity index is 355. The summed E-state index contributed by atoms with van der Waals surface area (Å²) in [4.78, 5) is 19.3. The SMILES string of the molecule is CCCc1nc(Cl)ncc1C(=O)OCC. The molecule has 0 aliphatic carbocycles. The van der Waals surface area contributed by atoms with Gasteiger partial charge in [0.2, 0.25) is 5.28 Å². The monoisotopic (exact) mass is 228 g/mol. The van der Waals surface area contributed by atoms with Gasteiger partial charge in [0.15, 0.2) is 0 Å². The molecular weight excluding hydrogens is 216 g/mol. The number of hydrogen-bond acceptors (Lipinski definition) is 4. The zero-order valence-corrected chi connectivity index (χ0v) is 9.54. The summed E-state index contributed by atoms with van der Waals surface area (Å²) in [5.41, 5.74) is 1.05. The second kappa shape index (κ2) is 5.66. The van der Waals surface area contributed by atoms with Gasteiger partial charge >= 0.3 is 5.97 Å². The van der Waals surface area contributed by atoms with Crippen molar-refractivity contribution in [1.82, 2.24) is 9.97 Å². The van der Waals surface area contributed by atoms with Crippen LogP contribution in [0.25, 0.3) is 0 Å². The maximum absolute atomic E-state index is 11.5. The van der Waals surface area contributed by atoms with Crippen molar-refractivity contribution in [2.24, 2.45) is 0 Å². The van der Waals surface area contributed by atoms with Crippen molar-refractivity contribution in [2.45, 2.75) is 26.7 Å². The van der Waals surface area contributed by atoms with Gasteiger partial charge in [-0.05, 0) is 24.9 Å². The van der Waals surface area contributed by atoms with E-state index in [9.17, 15) is 4.79 Å². The molecule has 4 nitrogen and oxygen atoms in total. The lowest BCUT2D eigenvalue weighted by molar-refractivity contribution is 0.0524. The number of aromatic nitrogens is 2. The molecule has 0 radical (unpaired) electrons. The summed E-state index contributed by atoms with van der Waals surface area (Å²) >= 11 is 5.66. The Morgan fingerprint density at radius 2 is 2.27 bits per heavy atom. The number of carbonyl (C=O) groups excluding carboxylic acids is 1. The predicted octanol–water partition coefficient (Wildman–Crippen LogP) is 2.26. The molecule has 15 heavy (non-hydrogen) atoms. The second-order valence-electron chi connectivity index (χ2n) is 2.97. The van der Waals surface area contributed by atoms with E-state index in [4.69, 9.17) is 16.3 Å². The summed E-state index contributed by atoms with van der Waals surface area (Å²) < 4.78 is 4.89. The van der Waals surface area contributed by atoms with Gasteiger partial charge in [-0.2, -0.15) is 0 Å². The average molecular weight is 229 g/mol. The van der Waals surface area contributed by atoms with Crippen LogP contribution in [0.1, 0.15) is 36.3 Å². The lowest BCUT2D eigenvalue weighted by atomic mass is 10.1. The first kappa shape index (κ1) is 11.9. The fraction of sp³-hybridized carbons (Fsp3) is 0.500. The van der Waals surface area contributed by atoms with Crippen molar-refractivity contribution >= 4 is 17.6 Å². The summed E-state index contributed by atoms with van der Waals surface area (Å²) in [6, 6.07) is 0. The average Bonchev–Trinajstić information content (AvgIpc) is 2.18. The highest BCUT2D eigenvalue weighted by Gasteiger charge is 2.14. The topological polar surface area (TPSA) is 52.1 Å². The summed E-state index contributed by atoms with van der Waals surface area (Å²) in [6.07, 6.45) is 2.99. The number of esters is 1. The summed E-state index contributed by atoms with van der Waals surface area (Å²) in [5.74, 6) is -0.391. The molecule has 0 bridgehead atoms. The molecule has 0 N–H and O–H groups in total. The summed E-state index contributed by atoms with van der Waals surface area (Å²) in [5, 5.41) is 0.159. The third kappa shape index (κ3) is 3.16. The number of carbonyl (C=O) groups is 1. The molecule has 0 saturated carbocycles. The molecule has 0 fully saturated rings. The van der Waals surface area contributed by atoms with E-state index in [0.29, 0.717) is 24.3 Å². The van der Waals surface area contributed by atoms with Crippen LogP contribution in [0.5, 0.6) is 0 Å². The summed E-state index contributed by atoms with van der Waals surface area (Å²) in [6.45, 7) is 4.10. The molecule has 0 aromatic carbocycles. The fourth-order valence-corrected chi connectivity index (χ4v) is 1.35. The minimum Gasteiger partial charge on any atom is -0.462 e. The van der Waals surface area contributed by atoms with Crippen molar-refractivity contribution < 1.29 is 9.53 Å². The van der Waals surface area contributed by atoms with E-state index in [1.807, 2.05) is 6.92 Å². The van der Waals surface area contributed by atoms with Crippen LogP contribution in [0.3, 0.4) is 0 Å². The van der Waals surface area contributed by atoms with Crippen LogP contribution >= 0.6 is 11.6 Å². The number of nitrogens with zero attached hydrogens (tertiary/aromatic N) is 2. The number of ether oxygens (including phenoxy) is 1. The maximum atomic E-state index is 11.5. The number of hydrogen-bond donors (Lipinski definition) is 0. The zero-order chi connectivity index (χ0) is 11.3. The quantitative estimate of drug-likeness (QED) is 0.586. The van der Waals surface area contributed by atoms with Crippen LogP contribution in [0.2, 0.25) is 5.28 Å². The first-order valence-electron chi connectivity index (χ1n) is 4.87. The Kier molecular flexibility index (Phi) is 4.49. The molecule has 0 spiro atoms. The number of halogens is 1. The van der Waals surface area contributed by atoms with Crippen LogP contribution < -0.4 is 0 Å². The van der Waals surface area contributed by atoms with E-state index in [1.165, 1.54) is 6.20 Å². The smallest absolute Gasteiger partial charge is 0.341 e. The van der Waals surface area contributed by atoms with Crippen molar-refractivity contribution in [3.05, 3.63) is 22.7 Å². The van der Waals surface area contributed by atoms with E-state index in [-0.39, 0.29) is 5.28 Å². The minimum atomic E-state index is -0.391. The lowest BCUT2D eigenvalue weighted by Crippen LogP contribution is -2.10. The number of rotatable bonds is 4. The van der Waals surface area contributed by atoms with E-state index >= 15 is 0 Å². The van der Waals surface area contributed by atoms with Gasteiger partial charge < -0.3 is 4.74 Å². The maximum Gasteiger partial charge on any atom is 0.341 e. The summed E-state index contributed by atoms with van der Waals surface area (Å²) in [7, 11) is 0. The van der Waals surface area contributed by atoms with Crippen molar-refractivity contribution in [3.8, 4) is 0 Å². The standard InChI is InChI=1S/C10H13ClN2O2/c1-3-5-8-7(9(14)15-4-2)6-12-10(11)13-8/h6H,3-5H2,1-2H3. The van der Waals surface area contributed by atoms with E-state index in [1.54, 1.807) is 6.92 Å². The highest BCUT2D eigenvalue weighted by Crippen LogP contribution is 2.12. The van der Waals surface area contributed by atoms with Crippen LogP contribution in [0.4, 0.5) is 0 Å². The molecule has 0 atom stereocenters. The Labute approximate surface area is 93.6 Å². The molecule has 1 heterocycles. The Balaban J connectivity index is 2.99. The molecule has 0 amide bonds.